The van der Waals surface area contributed by atoms with Crippen LogP contribution in [0, 0.1) is 0 Å². The van der Waals surface area contributed by atoms with Crippen molar-refractivity contribution in [2.45, 2.75) is 25.3 Å². The molecule has 0 bridgehead atoms. The zero-order valence-electron chi connectivity index (χ0n) is 15.0. The van der Waals surface area contributed by atoms with Gasteiger partial charge in [-0.25, -0.2) is 0 Å². The van der Waals surface area contributed by atoms with E-state index in [1.165, 1.54) is 11.1 Å². The van der Waals surface area contributed by atoms with Gasteiger partial charge in [-0.15, -0.1) is 0 Å². The maximum atomic E-state index is 12.0. The zero-order valence-corrected chi connectivity index (χ0v) is 15.0. The lowest BCUT2D eigenvalue weighted by Crippen LogP contribution is -2.47. The van der Waals surface area contributed by atoms with Gasteiger partial charge in [-0.1, -0.05) is 24.3 Å². The highest BCUT2D eigenvalue weighted by Crippen LogP contribution is 2.20. The number of rotatable bonds is 5. The Morgan fingerprint density at radius 3 is 2.73 bits per heavy atom. The van der Waals surface area contributed by atoms with Crippen molar-refractivity contribution < 1.29 is 4.79 Å². The summed E-state index contributed by atoms with van der Waals surface area (Å²) < 4.78 is 0. The number of pyridine rings is 1. The first-order chi connectivity index (χ1) is 12.8. The molecule has 1 heterocycles. The number of hydrogen-bond donors (Lipinski definition) is 3. The zero-order chi connectivity index (χ0) is 18.2. The first-order valence-electron chi connectivity index (χ1n) is 8.98. The standard InChI is InChI=1S/C20H25N5O/c1-21-20(24-12-11-23-19(26)17-7-4-10-22-14-17)25-18-9-8-15-5-2-3-6-16(15)13-18/h2-7,10,14,18H,8-9,11-13H2,1H3,(H,23,26)(H2,21,24,25). The van der Waals surface area contributed by atoms with Gasteiger partial charge in [-0.2, -0.15) is 0 Å². The van der Waals surface area contributed by atoms with E-state index in [2.05, 4.69) is 50.2 Å². The molecule has 0 aliphatic heterocycles. The summed E-state index contributed by atoms with van der Waals surface area (Å²) in [4.78, 5) is 20.2. The number of aliphatic imine (C=N–C) groups is 1. The number of carbonyl (C=O) groups is 1. The van der Waals surface area contributed by atoms with E-state index in [0.717, 1.165) is 25.2 Å². The number of carbonyl (C=O) groups excluding carboxylic acids is 1. The lowest BCUT2D eigenvalue weighted by Gasteiger charge is -2.27. The average molecular weight is 351 g/mol. The number of nitrogens with zero attached hydrogens (tertiary/aromatic N) is 2. The summed E-state index contributed by atoms with van der Waals surface area (Å²) in [5.74, 6) is 0.650. The molecule has 0 spiro atoms. The highest BCUT2D eigenvalue weighted by molar-refractivity contribution is 5.93. The second-order valence-corrected chi connectivity index (χ2v) is 6.35. The fourth-order valence-corrected chi connectivity index (χ4v) is 3.17. The molecular formula is C20H25N5O. The highest BCUT2D eigenvalue weighted by Gasteiger charge is 2.18. The van der Waals surface area contributed by atoms with Gasteiger partial charge in [-0.3, -0.25) is 14.8 Å². The number of hydrogen-bond acceptors (Lipinski definition) is 3. The molecule has 1 aromatic carbocycles. The Balaban J connectivity index is 1.41. The summed E-state index contributed by atoms with van der Waals surface area (Å²) in [6.07, 6.45) is 6.40. The molecule has 2 aromatic rings. The quantitative estimate of drug-likeness (QED) is 0.434. The van der Waals surface area contributed by atoms with E-state index in [1.54, 1.807) is 31.6 Å². The molecule has 1 unspecified atom stereocenters. The van der Waals surface area contributed by atoms with Gasteiger partial charge in [-0.05, 0) is 42.5 Å². The van der Waals surface area contributed by atoms with Crippen molar-refractivity contribution >= 4 is 11.9 Å². The van der Waals surface area contributed by atoms with Crippen molar-refractivity contribution in [3.05, 3.63) is 65.5 Å². The van der Waals surface area contributed by atoms with E-state index in [0.29, 0.717) is 24.7 Å². The van der Waals surface area contributed by atoms with Crippen molar-refractivity contribution in [1.29, 1.82) is 0 Å². The summed E-state index contributed by atoms with van der Waals surface area (Å²) in [5.41, 5.74) is 3.43. The summed E-state index contributed by atoms with van der Waals surface area (Å²) >= 11 is 0. The Hall–Kier alpha value is -2.89. The third-order valence-electron chi connectivity index (χ3n) is 4.54. The van der Waals surface area contributed by atoms with Crippen molar-refractivity contribution in [2.75, 3.05) is 20.1 Å². The number of guanidine groups is 1. The number of aromatic nitrogens is 1. The van der Waals surface area contributed by atoms with Crippen molar-refractivity contribution in [1.82, 2.24) is 20.9 Å². The summed E-state index contributed by atoms with van der Waals surface area (Å²) in [6.45, 7) is 1.12. The van der Waals surface area contributed by atoms with Gasteiger partial charge in [0.1, 0.15) is 0 Å². The van der Waals surface area contributed by atoms with Crippen LogP contribution in [0.3, 0.4) is 0 Å². The predicted octanol–water partition coefficient (Wildman–Crippen LogP) is 1.53. The van der Waals surface area contributed by atoms with E-state index in [-0.39, 0.29) is 5.91 Å². The Kier molecular flexibility index (Phi) is 6.19. The summed E-state index contributed by atoms with van der Waals surface area (Å²) in [7, 11) is 1.76. The lowest BCUT2D eigenvalue weighted by molar-refractivity contribution is 0.0954. The molecule has 3 N–H and O–H groups in total. The summed E-state index contributed by atoms with van der Waals surface area (Å²) in [5, 5.41) is 9.61. The van der Waals surface area contributed by atoms with Gasteiger partial charge in [0.05, 0.1) is 5.56 Å². The summed E-state index contributed by atoms with van der Waals surface area (Å²) in [6, 6.07) is 12.5. The maximum Gasteiger partial charge on any atom is 0.252 e. The SMILES string of the molecule is CN=C(NCCNC(=O)c1cccnc1)NC1CCc2ccccc2C1. The van der Waals surface area contributed by atoms with Crippen LogP contribution in [0.1, 0.15) is 27.9 Å². The molecule has 1 aliphatic rings. The molecule has 1 atom stereocenters. The molecule has 1 aliphatic carbocycles. The molecule has 0 saturated heterocycles. The molecule has 6 heteroatoms. The normalized spacial score (nSPS) is 16.5. The van der Waals surface area contributed by atoms with E-state index in [1.807, 2.05) is 0 Å². The lowest BCUT2D eigenvalue weighted by atomic mass is 9.88. The molecular weight excluding hydrogens is 326 g/mol. The van der Waals surface area contributed by atoms with Crippen LogP contribution in [0.15, 0.2) is 53.8 Å². The molecule has 3 rings (SSSR count). The molecule has 0 saturated carbocycles. The smallest absolute Gasteiger partial charge is 0.252 e. The Morgan fingerprint density at radius 1 is 1.15 bits per heavy atom. The van der Waals surface area contributed by atoms with E-state index >= 15 is 0 Å². The maximum absolute atomic E-state index is 12.0. The van der Waals surface area contributed by atoms with E-state index in [9.17, 15) is 4.79 Å². The van der Waals surface area contributed by atoms with Gasteiger partial charge in [0.15, 0.2) is 5.96 Å². The number of amides is 1. The highest BCUT2D eigenvalue weighted by atomic mass is 16.1. The van der Waals surface area contributed by atoms with Crippen molar-refractivity contribution in [3.63, 3.8) is 0 Å². The molecule has 6 nitrogen and oxygen atoms in total. The average Bonchev–Trinajstić information content (AvgIpc) is 2.70. The molecule has 0 radical (unpaired) electrons. The van der Waals surface area contributed by atoms with Crippen LogP contribution in [0.2, 0.25) is 0 Å². The van der Waals surface area contributed by atoms with Gasteiger partial charge >= 0.3 is 0 Å². The number of nitrogens with one attached hydrogen (secondary N) is 3. The minimum atomic E-state index is -0.119. The topological polar surface area (TPSA) is 78.4 Å². The molecule has 1 amide bonds. The molecule has 1 aromatic heterocycles. The van der Waals surface area contributed by atoms with Crippen molar-refractivity contribution in [3.8, 4) is 0 Å². The molecule has 0 fully saturated rings. The second kappa shape index (κ2) is 8.99. The van der Waals surface area contributed by atoms with Gasteiger partial charge < -0.3 is 16.0 Å². The van der Waals surface area contributed by atoms with Gasteiger partial charge in [0.25, 0.3) is 5.91 Å². The Morgan fingerprint density at radius 2 is 1.96 bits per heavy atom. The van der Waals surface area contributed by atoms with Gasteiger partial charge in [0.2, 0.25) is 0 Å². The largest absolute Gasteiger partial charge is 0.355 e. The number of aryl methyl sites for hydroxylation is 1. The minimum Gasteiger partial charge on any atom is -0.355 e. The molecule has 26 heavy (non-hydrogen) atoms. The van der Waals surface area contributed by atoms with Gasteiger partial charge in [0, 0.05) is 38.6 Å². The van der Waals surface area contributed by atoms with Crippen LogP contribution in [-0.4, -0.2) is 43.0 Å². The van der Waals surface area contributed by atoms with Crippen LogP contribution in [-0.2, 0) is 12.8 Å². The van der Waals surface area contributed by atoms with E-state index in [4.69, 9.17) is 0 Å². The number of fused-ring (bicyclic) bond motifs is 1. The van der Waals surface area contributed by atoms with Crippen molar-refractivity contribution in [2.24, 2.45) is 4.99 Å². The van der Waals surface area contributed by atoms with Crippen LogP contribution < -0.4 is 16.0 Å². The second-order valence-electron chi connectivity index (χ2n) is 6.35. The van der Waals surface area contributed by atoms with Crippen LogP contribution in [0.25, 0.3) is 0 Å². The molecule has 136 valence electrons. The third-order valence-corrected chi connectivity index (χ3v) is 4.54. The first kappa shape index (κ1) is 17.9. The van der Waals surface area contributed by atoms with Crippen LogP contribution in [0.4, 0.5) is 0 Å². The minimum absolute atomic E-state index is 0.119. The number of benzene rings is 1. The monoisotopic (exact) mass is 351 g/mol. The fourth-order valence-electron chi connectivity index (χ4n) is 3.17. The predicted molar refractivity (Wildman–Crippen MR) is 103 cm³/mol. The van der Waals surface area contributed by atoms with Crippen LogP contribution in [0.5, 0.6) is 0 Å². The Bertz CT molecular complexity index is 760. The van der Waals surface area contributed by atoms with Crippen LogP contribution >= 0.6 is 0 Å². The first-order valence-corrected chi connectivity index (χ1v) is 8.98. The Labute approximate surface area is 154 Å². The van der Waals surface area contributed by atoms with E-state index < -0.39 is 0 Å². The fraction of sp³-hybridized carbons (Fsp3) is 0.350. The third kappa shape index (κ3) is 4.81.